The van der Waals surface area contributed by atoms with E-state index in [0.29, 0.717) is 29.2 Å². The van der Waals surface area contributed by atoms with E-state index in [1.165, 1.54) is 12.1 Å². The van der Waals surface area contributed by atoms with Crippen molar-refractivity contribution < 1.29 is 22.7 Å². The summed E-state index contributed by atoms with van der Waals surface area (Å²) in [5, 5.41) is 10.6. The highest BCUT2D eigenvalue weighted by molar-refractivity contribution is 7.91. The molecule has 4 bridgehead atoms. The van der Waals surface area contributed by atoms with Gasteiger partial charge in [0.15, 0.2) is 9.84 Å². The van der Waals surface area contributed by atoms with Crippen LogP contribution in [0, 0.1) is 13.8 Å². The lowest BCUT2D eigenvalue weighted by atomic mass is 9.93. The number of fused-ring (bicyclic) bond motifs is 10. The number of aromatic nitrogens is 1. The Bertz CT molecular complexity index is 1780. The average Bonchev–Trinajstić information content (AvgIpc) is 2.95. The zero-order chi connectivity index (χ0) is 30.0. The van der Waals surface area contributed by atoms with E-state index in [9.17, 15) is 18.0 Å². The van der Waals surface area contributed by atoms with Gasteiger partial charge in [0.1, 0.15) is 11.9 Å². The minimum atomic E-state index is -3.61. The predicted octanol–water partition coefficient (Wildman–Crippen LogP) is 4.80. The van der Waals surface area contributed by atoms with Crippen LogP contribution in [0.1, 0.15) is 40.8 Å². The quantitative estimate of drug-likeness (QED) is 0.266. The number of carbonyl (C=O) groups excluding carboxylic acids is 2. The summed E-state index contributed by atoms with van der Waals surface area (Å²) in [6.07, 6.45) is 1.48. The molecule has 1 aromatic heterocycles. The van der Waals surface area contributed by atoms with Crippen molar-refractivity contribution in [3.8, 4) is 0 Å². The molecule has 10 nitrogen and oxygen atoms in total. The number of nitrogens with one attached hydrogen (secondary N) is 3. The molecule has 218 valence electrons. The number of aryl methyl sites for hydroxylation is 2. The Hall–Kier alpha value is -4.64. The van der Waals surface area contributed by atoms with Crippen LogP contribution < -0.4 is 21.7 Å². The number of nitrogens with zero attached hydrogens (tertiary/aromatic N) is 1. The molecule has 0 radical (unpaired) electrons. The molecule has 42 heavy (non-hydrogen) atoms. The van der Waals surface area contributed by atoms with E-state index in [-0.39, 0.29) is 29.7 Å². The molecule has 11 heteroatoms. The number of hydrogen-bond donors (Lipinski definition) is 4. The van der Waals surface area contributed by atoms with E-state index in [4.69, 9.17) is 10.5 Å². The molecule has 5 N–H and O–H groups in total. The van der Waals surface area contributed by atoms with Gasteiger partial charge in [-0.2, -0.15) is 0 Å². The standard InChI is InChI=1S/C31H33N5O5S/c1-4-42(39,40)27-8-6-24-16-22(27)17-34-30(37)28(35-23-5-7-26-20(15-23)9-11-33-29(26)32)21-13-18(2)25(19(3)14-21)10-12-41-31(38)36-24/h5-9,11,13-16,28,35H,4,10,12,17H2,1-3H3,(H2,32,33)(H,34,37)(H,36,38). The van der Waals surface area contributed by atoms with Crippen LogP contribution in [0.25, 0.3) is 10.8 Å². The Kier molecular flexibility index (Phi) is 8.04. The van der Waals surface area contributed by atoms with Crippen molar-refractivity contribution in [1.82, 2.24) is 10.3 Å². The first kappa shape index (κ1) is 28.9. The topological polar surface area (TPSA) is 153 Å². The van der Waals surface area contributed by atoms with Gasteiger partial charge in [0.05, 0.1) is 17.3 Å². The summed E-state index contributed by atoms with van der Waals surface area (Å²) >= 11 is 0. The molecule has 6 rings (SSSR count). The number of ether oxygens (including phenoxy) is 1. The van der Waals surface area contributed by atoms with Crippen molar-refractivity contribution in [3.05, 3.63) is 88.6 Å². The molecule has 2 aliphatic rings. The summed E-state index contributed by atoms with van der Waals surface area (Å²) in [6.45, 7) is 5.55. The van der Waals surface area contributed by atoms with Crippen LogP contribution in [-0.4, -0.2) is 37.8 Å². The van der Waals surface area contributed by atoms with E-state index in [1.807, 2.05) is 50.2 Å². The fraction of sp³-hybridized carbons (Fsp3) is 0.258. The average molecular weight is 588 g/mol. The summed E-state index contributed by atoms with van der Waals surface area (Å²) in [7, 11) is -3.61. The smallest absolute Gasteiger partial charge is 0.411 e. The number of pyridine rings is 1. The largest absolute Gasteiger partial charge is 0.449 e. The second-order valence-corrected chi connectivity index (χ2v) is 12.5. The van der Waals surface area contributed by atoms with Crippen molar-refractivity contribution in [3.63, 3.8) is 0 Å². The van der Waals surface area contributed by atoms with Crippen LogP contribution in [0.5, 0.6) is 0 Å². The van der Waals surface area contributed by atoms with E-state index in [1.54, 1.807) is 19.2 Å². The monoisotopic (exact) mass is 587 g/mol. The Balaban J connectivity index is 1.57. The number of sulfone groups is 1. The van der Waals surface area contributed by atoms with Gasteiger partial charge < -0.3 is 21.1 Å². The van der Waals surface area contributed by atoms with Crippen molar-refractivity contribution >= 4 is 49.8 Å². The van der Waals surface area contributed by atoms with Gasteiger partial charge in [0, 0.05) is 35.9 Å². The lowest BCUT2D eigenvalue weighted by Crippen LogP contribution is -2.34. The molecule has 4 aromatic rings. The maximum Gasteiger partial charge on any atom is 0.411 e. The molecule has 2 aliphatic heterocycles. The predicted molar refractivity (Wildman–Crippen MR) is 163 cm³/mol. The number of hydrogen-bond acceptors (Lipinski definition) is 8. The molecular formula is C31H33N5O5S. The molecule has 2 amide bonds. The van der Waals surface area contributed by atoms with Crippen LogP contribution in [0.15, 0.2) is 65.7 Å². The third-order valence-electron chi connectivity index (χ3n) is 7.48. The van der Waals surface area contributed by atoms with E-state index in [0.717, 1.165) is 33.0 Å². The molecule has 1 unspecified atom stereocenters. The Morgan fingerprint density at radius 1 is 1.05 bits per heavy atom. The van der Waals surface area contributed by atoms with Crippen molar-refractivity contribution in [1.29, 1.82) is 0 Å². The van der Waals surface area contributed by atoms with Gasteiger partial charge in [-0.15, -0.1) is 0 Å². The van der Waals surface area contributed by atoms with E-state index in [2.05, 4.69) is 20.9 Å². The summed E-state index contributed by atoms with van der Waals surface area (Å²) < 4.78 is 31.1. The molecular weight excluding hydrogens is 554 g/mol. The van der Waals surface area contributed by atoms with Crippen LogP contribution in [-0.2, 0) is 32.3 Å². The molecule has 0 aliphatic carbocycles. The fourth-order valence-electron chi connectivity index (χ4n) is 5.28. The fourth-order valence-corrected chi connectivity index (χ4v) is 6.40. The lowest BCUT2D eigenvalue weighted by Gasteiger charge is -2.23. The third-order valence-corrected chi connectivity index (χ3v) is 9.31. The second kappa shape index (κ2) is 11.7. The molecule has 0 fully saturated rings. The van der Waals surface area contributed by atoms with Gasteiger partial charge in [0.2, 0.25) is 5.91 Å². The number of anilines is 3. The molecule has 0 saturated carbocycles. The molecule has 0 saturated heterocycles. The summed E-state index contributed by atoms with van der Waals surface area (Å²) in [6, 6.07) is 15.0. The molecule has 1 atom stereocenters. The van der Waals surface area contributed by atoms with Crippen molar-refractivity contribution in [2.45, 2.75) is 44.7 Å². The van der Waals surface area contributed by atoms with Crippen molar-refractivity contribution in [2.24, 2.45) is 0 Å². The Morgan fingerprint density at radius 3 is 2.55 bits per heavy atom. The number of rotatable bonds is 4. The molecule has 0 spiro atoms. The highest BCUT2D eigenvalue weighted by Gasteiger charge is 2.25. The Labute approximate surface area is 244 Å². The number of carbonyl (C=O) groups is 2. The highest BCUT2D eigenvalue weighted by atomic mass is 32.2. The molecule has 3 heterocycles. The number of benzene rings is 3. The van der Waals surface area contributed by atoms with E-state index >= 15 is 0 Å². The summed E-state index contributed by atoms with van der Waals surface area (Å²) in [5.74, 6) is -0.0380. The normalized spacial score (nSPS) is 16.0. The summed E-state index contributed by atoms with van der Waals surface area (Å²) in [4.78, 5) is 30.6. The van der Waals surface area contributed by atoms with Gasteiger partial charge in [-0.05, 0) is 89.5 Å². The Morgan fingerprint density at radius 2 is 1.81 bits per heavy atom. The van der Waals surface area contributed by atoms with Gasteiger partial charge in [0.25, 0.3) is 0 Å². The van der Waals surface area contributed by atoms with Crippen LogP contribution in [0.2, 0.25) is 0 Å². The zero-order valence-corrected chi connectivity index (χ0v) is 24.5. The minimum Gasteiger partial charge on any atom is -0.449 e. The van der Waals surface area contributed by atoms with Gasteiger partial charge in [-0.1, -0.05) is 19.1 Å². The summed E-state index contributed by atoms with van der Waals surface area (Å²) in [5.41, 5.74) is 11.1. The first-order valence-corrected chi connectivity index (χ1v) is 15.3. The highest BCUT2D eigenvalue weighted by Crippen LogP contribution is 2.29. The zero-order valence-electron chi connectivity index (χ0n) is 23.7. The lowest BCUT2D eigenvalue weighted by molar-refractivity contribution is -0.122. The van der Waals surface area contributed by atoms with Gasteiger partial charge >= 0.3 is 6.09 Å². The maximum absolute atomic E-state index is 13.9. The van der Waals surface area contributed by atoms with Crippen LogP contribution in [0.3, 0.4) is 0 Å². The number of nitrogens with two attached hydrogens (primary N) is 1. The van der Waals surface area contributed by atoms with E-state index < -0.39 is 22.0 Å². The third kappa shape index (κ3) is 6.01. The first-order valence-electron chi connectivity index (χ1n) is 13.6. The number of nitrogen functional groups attached to an aromatic ring is 1. The van der Waals surface area contributed by atoms with Crippen molar-refractivity contribution in [2.75, 3.05) is 28.7 Å². The first-order chi connectivity index (χ1) is 20.1. The molecule has 3 aromatic carbocycles. The van der Waals surface area contributed by atoms with Crippen LogP contribution in [0.4, 0.5) is 22.0 Å². The van der Waals surface area contributed by atoms with Gasteiger partial charge in [-0.3, -0.25) is 10.1 Å². The second-order valence-electron chi connectivity index (χ2n) is 10.3. The maximum atomic E-state index is 13.9. The SMILES string of the molecule is CCS(=O)(=O)c1ccc2cc1CNC(=O)C(Nc1ccc3c(N)nccc3c1)c1cc(C)c(c(C)c1)CCOC(=O)N2. The number of amides is 2. The minimum absolute atomic E-state index is 0.0773. The van der Waals surface area contributed by atoms with Crippen LogP contribution >= 0.6 is 0 Å². The van der Waals surface area contributed by atoms with Gasteiger partial charge in [-0.25, -0.2) is 18.2 Å².